The van der Waals surface area contributed by atoms with E-state index in [0.29, 0.717) is 6.42 Å². The number of hydrogen-bond donors (Lipinski definition) is 1. The molecule has 0 saturated carbocycles. The van der Waals surface area contributed by atoms with Crippen molar-refractivity contribution in [3.8, 4) is 12.1 Å². The highest BCUT2D eigenvalue weighted by molar-refractivity contribution is 5.32. The van der Waals surface area contributed by atoms with E-state index < -0.39 is 11.5 Å². The molecule has 16 heavy (non-hydrogen) atoms. The molecule has 0 aliphatic rings. The Kier molecular flexibility index (Phi) is 4.05. The van der Waals surface area contributed by atoms with Crippen molar-refractivity contribution >= 4 is 0 Å². The van der Waals surface area contributed by atoms with Gasteiger partial charge in [-0.3, -0.25) is 0 Å². The molecule has 0 aliphatic heterocycles. The van der Waals surface area contributed by atoms with Gasteiger partial charge in [0.15, 0.2) is 0 Å². The van der Waals surface area contributed by atoms with Crippen molar-refractivity contribution in [2.45, 2.75) is 31.3 Å². The summed E-state index contributed by atoms with van der Waals surface area (Å²) >= 11 is 0. The minimum atomic E-state index is -1.10. The molecule has 1 aromatic rings. The Morgan fingerprint density at radius 2 is 1.94 bits per heavy atom. The smallest absolute Gasteiger partial charge is 0.142 e. The van der Waals surface area contributed by atoms with Crippen molar-refractivity contribution in [2.75, 3.05) is 0 Å². The van der Waals surface area contributed by atoms with Gasteiger partial charge >= 0.3 is 0 Å². The second-order valence-corrected chi connectivity index (χ2v) is 3.76. The van der Waals surface area contributed by atoms with Crippen LogP contribution < -0.4 is 0 Å². The maximum Gasteiger partial charge on any atom is 0.142 e. The third kappa shape index (κ3) is 2.39. The van der Waals surface area contributed by atoms with Crippen LogP contribution in [-0.4, -0.2) is 11.2 Å². The fourth-order valence-electron chi connectivity index (χ4n) is 1.79. The Bertz CT molecular complexity index is 416. The highest BCUT2D eigenvalue weighted by Crippen LogP contribution is 2.32. The first-order chi connectivity index (χ1) is 7.68. The molecule has 1 aromatic carbocycles. The zero-order valence-electron chi connectivity index (χ0n) is 9.22. The molecular formula is C13H14N2O. The predicted octanol–water partition coefficient (Wildman–Crippen LogP) is 2.13. The van der Waals surface area contributed by atoms with Crippen LogP contribution in [0.25, 0.3) is 0 Å². The van der Waals surface area contributed by atoms with Crippen LogP contribution in [0, 0.1) is 22.7 Å². The lowest BCUT2D eigenvalue weighted by Gasteiger charge is -2.26. The molecular weight excluding hydrogens is 200 g/mol. The number of rotatable bonds is 4. The van der Waals surface area contributed by atoms with E-state index in [1.807, 2.05) is 37.3 Å². The number of aliphatic hydroxyl groups is 1. The maximum absolute atomic E-state index is 9.40. The molecule has 0 unspecified atom stereocenters. The van der Waals surface area contributed by atoms with Crippen molar-refractivity contribution in [1.29, 1.82) is 10.5 Å². The third-order valence-corrected chi connectivity index (χ3v) is 2.83. The van der Waals surface area contributed by atoms with Gasteiger partial charge in [0.1, 0.15) is 6.10 Å². The molecule has 0 bridgehead atoms. The highest BCUT2D eigenvalue weighted by atomic mass is 16.3. The van der Waals surface area contributed by atoms with Crippen LogP contribution in [0.4, 0.5) is 0 Å². The summed E-state index contributed by atoms with van der Waals surface area (Å²) in [5, 5.41) is 27.3. The highest BCUT2D eigenvalue weighted by Gasteiger charge is 2.32. The predicted molar refractivity (Wildman–Crippen MR) is 60.3 cm³/mol. The molecule has 0 fully saturated rings. The number of hydrogen-bond acceptors (Lipinski definition) is 3. The number of nitrogens with zero attached hydrogens (tertiary/aromatic N) is 2. The fourth-order valence-corrected chi connectivity index (χ4v) is 1.79. The van der Waals surface area contributed by atoms with E-state index in [1.165, 1.54) is 0 Å². The maximum atomic E-state index is 9.40. The van der Waals surface area contributed by atoms with Gasteiger partial charge in [-0.2, -0.15) is 10.5 Å². The lowest BCUT2D eigenvalue weighted by Crippen LogP contribution is -2.28. The van der Waals surface area contributed by atoms with E-state index in [9.17, 15) is 10.4 Å². The lowest BCUT2D eigenvalue weighted by molar-refractivity contribution is 0.192. The van der Waals surface area contributed by atoms with Crippen LogP contribution in [0.15, 0.2) is 30.3 Å². The topological polar surface area (TPSA) is 67.8 Å². The van der Waals surface area contributed by atoms with Crippen LogP contribution in [0.5, 0.6) is 0 Å². The van der Waals surface area contributed by atoms with Crippen molar-refractivity contribution in [3.63, 3.8) is 0 Å². The van der Waals surface area contributed by atoms with Gasteiger partial charge < -0.3 is 5.11 Å². The summed E-state index contributed by atoms with van der Waals surface area (Å²) in [6, 6.07) is 13.3. The van der Waals surface area contributed by atoms with Gasteiger partial charge in [0, 0.05) is 6.42 Å². The summed E-state index contributed by atoms with van der Waals surface area (Å²) in [5.74, 6) is 0. The standard InChI is InChI=1S/C13H14N2O/c1-2-13(10-15,8-12(16)9-14)11-6-4-3-5-7-11/h3-7,12,16H,2,8H2,1H3/t12-,13-/m1/s1. The molecule has 0 amide bonds. The molecule has 0 heterocycles. The van der Waals surface area contributed by atoms with Crippen LogP contribution in [0.3, 0.4) is 0 Å². The van der Waals surface area contributed by atoms with Gasteiger partial charge in [-0.1, -0.05) is 37.3 Å². The van der Waals surface area contributed by atoms with Gasteiger partial charge in [-0.25, -0.2) is 0 Å². The molecule has 1 rings (SSSR count). The first kappa shape index (κ1) is 12.2. The summed E-state index contributed by atoms with van der Waals surface area (Å²) in [6.07, 6.45) is -0.368. The minimum Gasteiger partial charge on any atom is -0.378 e. The molecule has 0 spiro atoms. The van der Waals surface area contributed by atoms with Crippen LogP contribution in [0.1, 0.15) is 25.3 Å². The van der Waals surface area contributed by atoms with Crippen molar-refractivity contribution < 1.29 is 5.11 Å². The first-order valence-electron chi connectivity index (χ1n) is 5.23. The summed E-state index contributed by atoms with van der Waals surface area (Å²) in [4.78, 5) is 0. The molecule has 2 atom stereocenters. The Balaban J connectivity index is 3.09. The van der Waals surface area contributed by atoms with Crippen molar-refractivity contribution in [2.24, 2.45) is 0 Å². The Hall–Kier alpha value is -1.84. The largest absolute Gasteiger partial charge is 0.378 e. The monoisotopic (exact) mass is 214 g/mol. The van der Waals surface area contributed by atoms with Crippen LogP contribution >= 0.6 is 0 Å². The Labute approximate surface area is 95.6 Å². The molecule has 0 aromatic heterocycles. The van der Waals surface area contributed by atoms with E-state index in [4.69, 9.17) is 5.26 Å². The van der Waals surface area contributed by atoms with Gasteiger partial charge in [-0.05, 0) is 12.0 Å². The van der Waals surface area contributed by atoms with Gasteiger partial charge in [0.25, 0.3) is 0 Å². The zero-order chi connectivity index (χ0) is 12.0. The van der Waals surface area contributed by atoms with E-state index in [0.717, 1.165) is 5.56 Å². The summed E-state index contributed by atoms with van der Waals surface area (Å²) < 4.78 is 0. The molecule has 3 nitrogen and oxygen atoms in total. The van der Waals surface area contributed by atoms with E-state index >= 15 is 0 Å². The normalized spacial score (nSPS) is 15.5. The third-order valence-electron chi connectivity index (χ3n) is 2.83. The number of nitriles is 2. The molecule has 3 heteroatoms. The van der Waals surface area contributed by atoms with Gasteiger partial charge in [0.05, 0.1) is 17.6 Å². The SMILES string of the molecule is CC[C@](C#N)(C[C@@H](O)C#N)c1ccccc1. The summed E-state index contributed by atoms with van der Waals surface area (Å²) in [7, 11) is 0. The van der Waals surface area contributed by atoms with Crippen LogP contribution in [-0.2, 0) is 5.41 Å². The number of aliphatic hydroxyl groups excluding tert-OH is 1. The van der Waals surface area contributed by atoms with Crippen LogP contribution in [0.2, 0.25) is 0 Å². The average molecular weight is 214 g/mol. The minimum absolute atomic E-state index is 0.153. The molecule has 0 saturated heterocycles. The molecule has 0 radical (unpaired) electrons. The second-order valence-electron chi connectivity index (χ2n) is 3.76. The average Bonchev–Trinajstić information content (AvgIpc) is 2.37. The number of benzene rings is 1. The molecule has 82 valence electrons. The Morgan fingerprint density at radius 3 is 2.38 bits per heavy atom. The first-order valence-corrected chi connectivity index (χ1v) is 5.23. The quantitative estimate of drug-likeness (QED) is 0.781. The van der Waals surface area contributed by atoms with Crippen molar-refractivity contribution in [1.82, 2.24) is 0 Å². The lowest BCUT2D eigenvalue weighted by atomic mass is 9.75. The van der Waals surface area contributed by atoms with E-state index in [-0.39, 0.29) is 6.42 Å². The summed E-state index contributed by atoms with van der Waals surface area (Å²) in [5.41, 5.74) is 0.0884. The van der Waals surface area contributed by atoms with E-state index in [2.05, 4.69) is 6.07 Å². The zero-order valence-corrected chi connectivity index (χ0v) is 9.22. The van der Waals surface area contributed by atoms with Gasteiger partial charge in [0.2, 0.25) is 0 Å². The molecule has 1 N–H and O–H groups in total. The second kappa shape index (κ2) is 5.30. The van der Waals surface area contributed by atoms with Crippen molar-refractivity contribution in [3.05, 3.63) is 35.9 Å². The molecule has 0 aliphatic carbocycles. The Morgan fingerprint density at radius 1 is 1.31 bits per heavy atom. The van der Waals surface area contributed by atoms with Gasteiger partial charge in [-0.15, -0.1) is 0 Å². The summed E-state index contributed by atoms with van der Waals surface area (Å²) in [6.45, 7) is 1.89. The van der Waals surface area contributed by atoms with E-state index in [1.54, 1.807) is 6.07 Å². The fraction of sp³-hybridized carbons (Fsp3) is 0.385.